The molecule has 4 nitrogen and oxygen atoms in total. The van der Waals surface area contributed by atoms with Gasteiger partial charge in [0.2, 0.25) is 0 Å². The van der Waals surface area contributed by atoms with Crippen LogP contribution in [0.15, 0.2) is 41.0 Å². The molecule has 1 aromatic carbocycles. The Balaban J connectivity index is 2.61. The normalized spacial score (nSPS) is 17.3. The van der Waals surface area contributed by atoms with Gasteiger partial charge in [0.25, 0.3) is 0 Å². The standard InChI is InChI=1S/C21H16F7NO3/c1-9(2)13-15(18(31)32-17(13)30)16(19(22,23)20(24,25)21(26,27)28)14-10(3)29(4)12-8-6-5-7-11(12)14/h5-8H,1-4H3/b16-15+. The summed E-state index contributed by atoms with van der Waals surface area (Å²) >= 11 is 0. The molecular formula is C21H16F7NO3. The van der Waals surface area contributed by atoms with Gasteiger partial charge in [0, 0.05) is 29.2 Å². The maximum atomic E-state index is 15.3. The zero-order valence-corrected chi connectivity index (χ0v) is 17.1. The number of aryl methyl sites for hydroxylation is 1. The van der Waals surface area contributed by atoms with Crippen molar-refractivity contribution >= 4 is 28.4 Å². The van der Waals surface area contributed by atoms with E-state index in [1.165, 1.54) is 56.7 Å². The second kappa shape index (κ2) is 7.21. The van der Waals surface area contributed by atoms with Crippen molar-refractivity contribution in [3.05, 3.63) is 52.2 Å². The highest BCUT2D eigenvalue weighted by Crippen LogP contribution is 2.56. The summed E-state index contributed by atoms with van der Waals surface area (Å²) in [5, 5.41) is -0.104. The predicted molar refractivity (Wildman–Crippen MR) is 100.0 cm³/mol. The third-order valence-corrected chi connectivity index (χ3v) is 5.31. The van der Waals surface area contributed by atoms with E-state index in [2.05, 4.69) is 4.74 Å². The number of hydrogen-bond donors (Lipinski definition) is 0. The number of para-hydroxylation sites is 1. The zero-order chi connectivity index (χ0) is 24.4. The SMILES string of the molecule is CC(C)=C1C(=O)OC(=O)/C1=C(\c1c(C)n(C)c2ccccc12)C(F)(F)C(F)(F)C(F)(F)F. The number of esters is 2. The van der Waals surface area contributed by atoms with Gasteiger partial charge in [-0.15, -0.1) is 0 Å². The van der Waals surface area contributed by atoms with Gasteiger partial charge >= 0.3 is 30.0 Å². The largest absolute Gasteiger partial charge is 0.460 e. The molecule has 3 rings (SSSR count). The van der Waals surface area contributed by atoms with E-state index in [0.717, 1.165) is 0 Å². The van der Waals surface area contributed by atoms with Crippen LogP contribution in [-0.2, 0) is 21.4 Å². The van der Waals surface area contributed by atoms with E-state index < -0.39 is 52.2 Å². The van der Waals surface area contributed by atoms with Crippen molar-refractivity contribution in [2.24, 2.45) is 7.05 Å². The number of cyclic esters (lactones) is 2. The summed E-state index contributed by atoms with van der Waals surface area (Å²) in [6, 6.07) is 5.56. The highest BCUT2D eigenvalue weighted by molar-refractivity contribution is 6.23. The van der Waals surface area contributed by atoms with Gasteiger partial charge in [0.15, 0.2) is 0 Å². The number of carbonyl (C=O) groups excluding carboxylic acids is 2. The van der Waals surface area contributed by atoms with Gasteiger partial charge in [0.05, 0.1) is 16.7 Å². The Morgan fingerprint density at radius 2 is 1.44 bits per heavy atom. The summed E-state index contributed by atoms with van der Waals surface area (Å²) in [4.78, 5) is 24.5. The van der Waals surface area contributed by atoms with Crippen molar-refractivity contribution in [2.75, 3.05) is 0 Å². The minimum atomic E-state index is -6.65. The lowest BCUT2D eigenvalue weighted by Crippen LogP contribution is -2.53. The van der Waals surface area contributed by atoms with Crippen molar-refractivity contribution in [2.45, 2.75) is 38.8 Å². The highest BCUT2D eigenvalue weighted by Gasteiger charge is 2.75. The molecule has 11 heteroatoms. The van der Waals surface area contributed by atoms with Gasteiger partial charge in [-0.1, -0.05) is 23.8 Å². The second-order valence-corrected chi connectivity index (χ2v) is 7.49. The molecule has 0 spiro atoms. The number of allylic oxidation sites excluding steroid dienone is 2. The summed E-state index contributed by atoms with van der Waals surface area (Å²) in [5.41, 5.74) is -4.68. The molecule has 0 aliphatic carbocycles. The van der Waals surface area contributed by atoms with Gasteiger partial charge < -0.3 is 9.30 Å². The smallest absolute Gasteiger partial charge is 0.386 e. The molecule has 1 aliphatic rings. The van der Waals surface area contributed by atoms with Gasteiger partial charge in [-0.3, -0.25) is 0 Å². The van der Waals surface area contributed by atoms with Crippen LogP contribution in [-0.4, -0.2) is 34.5 Å². The van der Waals surface area contributed by atoms with Crippen LogP contribution in [0.1, 0.15) is 25.1 Å². The topological polar surface area (TPSA) is 48.3 Å². The number of hydrogen-bond acceptors (Lipinski definition) is 3. The molecule has 32 heavy (non-hydrogen) atoms. The van der Waals surface area contributed by atoms with E-state index in [4.69, 9.17) is 0 Å². The summed E-state index contributed by atoms with van der Waals surface area (Å²) in [7, 11) is 1.39. The van der Waals surface area contributed by atoms with Gasteiger partial charge in [0.1, 0.15) is 0 Å². The number of fused-ring (bicyclic) bond motifs is 1. The molecular weight excluding hydrogens is 447 g/mol. The van der Waals surface area contributed by atoms with Crippen molar-refractivity contribution in [3.63, 3.8) is 0 Å². The molecule has 2 heterocycles. The first-order valence-electron chi connectivity index (χ1n) is 9.11. The summed E-state index contributed by atoms with van der Waals surface area (Å²) in [6.07, 6.45) is -6.65. The molecule has 172 valence electrons. The molecule has 0 N–H and O–H groups in total. The number of nitrogens with zero attached hydrogens (tertiary/aromatic N) is 1. The summed E-state index contributed by atoms with van der Waals surface area (Å²) in [6.45, 7) is 3.65. The monoisotopic (exact) mass is 463 g/mol. The third-order valence-electron chi connectivity index (χ3n) is 5.31. The Bertz CT molecular complexity index is 1210. The van der Waals surface area contributed by atoms with E-state index in [0.29, 0.717) is 0 Å². The van der Waals surface area contributed by atoms with Crippen LogP contribution in [0.5, 0.6) is 0 Å². The first-order valence-corrected chi connectivity index (χ1v) is 9.11. The van der Waals surface area contributed by atoms with Crippen LogP contribution < -0.4 is 0 Å². The molecule has 2 aromatic rings. The fraction of sp³-hybridized carbons (Fsp3) is 0.333. The molecule has 0 atom stereocenters. The Morgan fingerprint density at radius 1 is 0.906 bits per heavy atom. The average molecular weight is 463 g/mol. The van der Waals surface area contributed by atoms with E-state index in [-0.39, 0.29) is 22.2 Å². The fourth-order valence-electron chi connectivity index (χ4n) is 3.68. The van der Waals surface area contributed by atoms with Gasteiger partial charge in [-0.2, -0.15) is 30.7 Å². The van der Waals surface area contributed by atoms with Crippen LogP contribution in [0, 0.1) is 6.92 Å². The molecule has 0 unspecified atom stereocenters. The van der Waals surface area contributed by atoms with Crippen LogP contribution in [0.4, 0.5) is 30.7 Å². The molecule has 1 aromatic heterocycles. The lowest BCUT2D eigenvalue weighted by molar-refractivity contribution is -0.339. The first kappa shape index (κ1) is 23.6. The number of rotatable bonds is 3. The number of carbonyl (C=O) groups is 2. The lowest BCUT2D eigenvalue weighted by atomic mass is 9.85. The molecule has 1 aliphatic heterocycles. The number of ether oxygens (including phenoxy) is 1. The minimum Gasteiger partial charge on any atom is -0.386 e. The van der Waals surface area contributed by atoms with Crippen molar-refractivity contribution < 1.29 is 45.1 Å². The average Bonchev–Trinajstić information content (AvgIpc) is 3.09. The van der Waals surface area contributed by atoms with Crippen LogP contribution in [0.2, 0.25) is 0 Å². The quantitative estimate of drug-likeness (QED) is 0.262. The molecule has 1 saturated heterocycles. The number of aromatic nitrogens is 1. The van der Waals surface area contributed by atoms with Crippen LogP contribution in [0.3, 0.4) is 0 Å². The Hall–Kier alpha value is -3.11. The molecule has 0 radical (unpaired) electrons. The summed E-state index contributed by atoms with van der Waals surface area (Å²) < 4.78 is 104. The minimum absolute atomic E-state index is 0.0719. The number of benzene rings is 1. The highest BCUT2D eigenvalue weighted by atomic mass is 19.4. The molecule has 1 fully saturated rings. The maximum Gasteiger partial charge on any atom is 0.460 e. The van der Waals surface area contributed by atoms with Crippen molar-refractivity contribution in [1.29, 1.82) is 0 Å². The summed E-state index contributed by atoms with van der Waals surface area (Å²) in [5.74, 6) is -15.6. The van der Waals surface area contributed by atoms with E-state index in [1.54, 1.807) is 0 Å². The van der Waals surface area contributed by atoms with Crippen LogP contribution >= 0.6 is 0 Å². The molecule has 0 amide bonds. The fourth-order valence-corrected chi connectivity index (χ4v) is 3.68. The van der Waals surface area contributed by atoms with E-state index in [9.17, 15) is 31.5 Å². The first-order chi connectivity index (χ1) is 14.6. The predicted octanol–water partition coefficient (Wildman–Crippen LogP) is 5.49. The zero-order valence-electron chi connectivity index (χ0n) is 17.1. The Labute approximate surface area is 176 Å². The molecule has 0 saturated carbocycles. The Kier molecular flexibility index (Phi) is 5.31. The molecule has 0 bridgehead atoms. The lowest BCUT2D eigenvalue weighted by Gasteiger charge is -2.31. The third kappa shape index (κ3) is 3.13. The van der Waals surface area contributed by atoms with Gasteiger partial charge in [-0.05, 0) is 26.8 Å². The van der Waals surface area contributed by atoms with E-state index >= 15 is 8.78 Å². The number of halogens is 7. The Morgan fingerprint density at radius 3 is 1.97 bits per heavy atom. The van der Waals surface area contributed by atoms with Crippen molar-refractivity contribution in [3.8, 4) is 0 Å². The number of alkyl halides is 7. The van der Waals surface area contributed by atoms with E-state index in [1.807, 2.05) is 0 Å². The second-order valence-electron chi connectivity index (χ2n) is 7.49. The van der Waals surface area contributed by atoms with Gasteiger partial charge in [-0.25, -0.2) is 9.59 Å². The van der Waals surface area contributed by atoms with Crippen molar-refractivity contribution in [1.82, 2.24) is 4.57 Å². The van der Waals surface area contributed by atoms with Crippen LogP contribution in [0.25, 0.3) is 16.5 Å². The maximum absolute atomic E-state index is 15.3.